The third-order valence-electron chi connectivity index (χ3n) is 9.70. The zero-order valence-electron chi connectivity index (χ0n) is 36.8. The summed E-state index contributed by atoms with van der Waals surface area (Å²) in [6.45, 7) is 7.69. The minimum absolute atomic E-state index is 0.0300. The summed E-state index contributed by atoms with van der Waals surface area (Å²) in [6.07, 6.45) is 37.1. The SMILES string of the molecule is CC/C=C\C(O)C/C=C/C=C\C/C=C\C/C=C\CCCC(=O)OC[C@H](COP(=O)(O)OCCN)OC(=O)CCCCCCCCCCc1oc(CCCCC)c(C)c1C. The summed E-state index contributed by atoms with van der Waals surface area (Å²) < 4.78 is 39.0. The van der Waals surface area contributed by atoms with E-state index >= 15 is 0 Å². The van der Waals surface area contributed by atoms with Crippen LogP contribution in [-0.2, 0) is 45.5 Å². The van der Waals surface area contributed by atoms with Crippen molar-refractivity contribution in [2.75, 3.05) is 26.4 Å². The van der Waals surface area contributed by atoms with Crippen LogP contribution in [0.25, 0.3) is 0 Å². The third kappa shape index (κ3) is 29.8. The molecule has 0 spiro atoms. The molecule has 1 aromatic heterocycles. The summed E-state index contributed by atoms with van der Waals surface area (Å²) in [5.41, 5.74) is 7.99. The summed E-state index contributed by atoms with van der Waals surface area (Å²) in [5, 5.41) is 9.76. The van der Waals surface area contributed by atoms with Gasteiger partial charge in [0.2, 0.25) is 0 Å². The highest BCUT2D eigenvalue weighted by molar-refractivity contribution is 7.47. The maximum Gasteiger partial charge on any atom is 0.472 e. The summed E-state index contributed by atoms with van der Waals surface area (Å²) in [6, 6.07) is 0. The molecule has 1 aromatic rings. The van der Waals surface area contributed by atoms with Gasteiger partial charge in [0, 0.05) is 32.2 Å². The van der Waals surface area contributed by atoms with Crippen LogP contribution >= 0.6 is 7.82 Å². The number of unbranched alkanes of at least 4 members (excludes halogenated alkanes) is 10. The van der Waals surface area contributed by atoms with Crippen molar-refractivity contribution in [2.24, 2.45) is 5.73 Å². The summed E-state index contributed by atoms with van der Waals surface area (Å²) in [4.78, 5) is 35.0. The molecule has 59 heavy (non-hydrogen) atoms. The number of carbonyl (C=O) groups is 2. The molecule has 0 aliphatic rings. The average Bonchev–Trinajstić information content (AvgIpc) is 3.48. The van der Waals surface area contributed by atoms with Crippen LogP contribution in [-0.4, -0.2) is 60.5 Å². The number of aliphatic hydroxyl groups excluding tert-OH is 1. The number of phosphoric ester groups is 1. The number of phosphoric acid groups is 1. The first-order valence-corrected chi connectivity index (χ1v) is 23.7. The van der Waals surface area contributed by atoms with E-state index in [9.17, 15) is 24.2 Å². The van der Waals surface area contributed by atoms with Gasteiger partial charge in [-0.3, -0.25) is 18.6 Å². The third-order valence-corrected chi connectivity index (χ3v) is 10.7. The normalized spacial score (nSPS) is 14.4. The first kappa shape index (κ1) is 54.0. The highest BCUT2D eigenvalue weighted by Gasteiger charge is 2.26. The molecule has 1 rings (SSSR count). The van der Waals surface area contributed by atoms with Crippen molar-refractivity contribution in [1.29, 1.82) is 0 Å². The van der Waals surface area contributed by atoms with Gasteiger partial charge in [0.05, 0.1) is 19.3 Å². The Morgan fingerprint density at radius 1 is 0.729 bits per heavy atom. The van der Waals surface area contributed by atoms with E-state index in [1.807, 2.05) is 55.5 Å². The number of aliphatic hydroxyl groups is 1. The molecule has 0 aliphatic heterocycles. The molecular weight excluding hydrogens is 769 g/mol. The first-order valence-electron chi connectivity index (χ1n) is 22.2. The van der Waals surface area contributed by atoms with Crippen molar-refractivity contribution in [3.63, 3.8) is 0 Å². The second kappa shape index (κ2) is 35.7. The van der Waals surface area contributed by atoms with Crippen LogP contribution in [0.1, 0.15) is 158 Å². The van der Waals surface area contributed by atoms with Gasteiger partial charge in [-0.05, 0) is 82.8 Å². The lowest BCUT2D eigenvalue weighted by Gasteiger charge is -2.19. The number of hydrogen-bond donors (Lipinski definition) is 3. The van der Waals surface area contributed by atoms with Crippen molar-refractivity contribution in [3.8, 4) is 0 Å². The Balaban J connectivity index is 2.31. The van der Waals surface area contributed by atoms with Crippen LogP contribution in [0.3, 0.4) is 0 Å². The lowest BCUT2D eigenvalue weighted by atomic mass is 10.0. The second-order valence-corrected chi connectivity index (χ2v) is 16.4. The number of carbonyl (C=O) groups excluding carboxylic acids is 2. The van der Waals surface area contributed by atoms with E-state index in [0.29, 0.717) is 25.7 Å². The molecule has 0 saturated heterocycles. The lowest BCUT2D eigenvalue weighted by molar-refractivity contribution is -0.161. The van der Waals surface area contributed by atoms with Gasteiger partial charge in [0.1, 0.15) is 18.1 Å². The van der Waals surface area contributed by atoms with Gasteiger partial charge < -0.3 is 29.6 Å². The van der Waals surface area contributed by atoms with E-state index in [1.165, 1.54) is 43.2 Å². The molecule has 0 bridgehead atoms. The van der Waals surface area contributed by atoms with E-state index in [2.05, 4.69) is 32.9 Å². The fraction of sp³-hybridized carbons (Fsp3) is 0.660. The van der Waals surface area contributed by atoms with Crippen LogP contribution in [0.5, 0.6) is 0 Å². The lowest BCUT2D eigenvalue weighted by Crippen LogP contribution is -2.29. The van der Waals surface area contributed by atoms with E-state index < -0.39 is 38.6 Å². The minimum Gasteiger partial charge on any atom is -0.466 e. The molecule has 0 aromatic carbocycles. The van der Waals surface area contributed by atoms with E-state index in [1.54, 1.807) is 0 Å². The molecule has 0 aliphatic carbocycles. The molecule has 336 valence electrons. The van der Waals surface area contributed by atoms with Crippen molar-refractivity contribution < 1.29 is 47.1 Å². The van der Waals surface area contributed by atoms with Crippen LogP contribution in [0.4, 0.5) is 0 Å². The molecule has 0 amide bonds. The molecule has 3 atom stereocenters. The molecular formula is C47H78NO10P. The molecule has 4 N–H and O–H groups in total. The zero-order chi connectivity index (χ0) is 43.4. The Morgan fingerprint density at radius 2 is 1.32 bits per heavy atom. The molecule has 12 heteroatoms. The first-order chi connectivity index (χ1) is 28.5. The van der Waals surface area contributed by atoms with Crippen molar-refractivity contribution >= 4 is 19.8 Å². The monoisotopic (exact) mass is 848 g/mol. The molecule has 2 unspecified atom stereocenters. The largest absolute Gasteiger partial charge is 0.472 e. The molecule has 1 heterocycles. The van der Waals surface area contributed by atoms with Gasteiger partial charge in [-0.15, -0.1) is 0 Å². The van der Waals surface area contributed by atoms with Gasteiger partial charge in [-0.25, -0.2) is 4.57 Å². The number of rotatable bonds is 37. The fourth-order valence-electron chi connectivity index (χ4n) is 6.10. The van der Waals surface area contributed by atoms with E-state index in [0.717, 1.165) is 75.7 Å². The number of esters is 2. The Labute approximate surface area is 356 Å². The summed E-state index contributed by atoms with van der Waals surface area (Å²) in [7, 11) is -4.42. The number of nitrogens with two attached hydrogens (primary N) is 1. The highest BCUT2D eigenvalue weighted by atomic mass is 31.2. The zero-order valence-corrected chi connectivity index (χ0v) is 37.7. The topological polar surface area (TPSA) is 168 Å². The van der Waals surface area contributed by atoms with E-state index in [4.69, 9.17) is 28.7 Å². The summed E-state index contributed by atoms with van der Waals surface area (Å²) >= 11 is 0. The fourth-order valence-corrected chi connectivity index (χ4v) is 6.87. The van der Waals surface area contributed by atoms with Gasteiger partial charge in [0.15, 0.2) is 6.10 Å². The van der Waals surface area contributed by atoms with Gasteiger partial charge in [0.25, 0.3) is 0 Å². The van der Waals surface area contributed by atoms with Crippen LogP contribution in [0.15, 0.2) is 65.2 Å². The van der Waals surface area contributed by atoms with Gasteiger partial charge in [-0.1, -0.05) is 126 Å². The van der Waals surface area contributed by atoms with Crippen LogP contribution < -0.4 is 5.73 Å². The Morgan fingerprint density at radius 3 is 1.98 bits per heavy atom. The molecule has 0 radical (unpaired) electrons. The number of aryl methyl sites for hydroxylation is 2. The van der Waals surface area contributed by atoms with Gasteiger partial charge >= 0.3 is 19.8 Å². The van der Waals surface area contributed by atoms with Crippen LogP contribution in [0, 0.1) is 13.8 Å². The number of furan rings is 1. The number of ether oxygens (including phenoxy) is 2. The van der Waals surface area contributed by atoms with Crippen molar-refractivity contribution in [1.82, 2.24) is 0 Å². The number of allylic oxidation sites excluding steroid dienone is 8. The second-order valence-electron chi connectivity index (χ2n) is 15.0. The maximum absolute atomic E-state index is 12.7. The highest BCUT2D eigenvalue weighted by Crippen LogP contribution is 2.43. The quantitative estimate of drug-likeness (QED) is 0.0192. The predicted molar refractivity (Wildman–Crippen MR) is 238 cm³/mol. The van der Waals surface area contributed by atoms with Crippen LogP contribution in [0.2, 0.25) is 0 Å². The molecule has 0 fully saturated rings. The minimum atomic E-state index is -4.42. The van der Waals surface area contributed by atoms with Crippen molar-refractivity contribution in [3.05, 3.63) is 83.4 Å². The van der Waals surface area contributed by atoms with E-state index in [-0.39, 0.29) is 32.6 Å². The standard InChI is InChI=1S/C47H78NO10P/c1-5-7-25-32-44-40(3)41(4)45(58-44)33-27-22-18-15-16-20-24-29-35-47(51)57-43(39-56-59(52,53)55-37-36-48)38-54-46(50)34-28-23-19-14-12-10-9-11-13-17-21-26-31-42(49)30-8-6-2/h8-10,13-14,17,19,21,26,30,42-43,49H,5-7,11-12,15-16,18,20,22-25,27-29,31-39,48H2,1-4H3,(H,52,53)/b10-9-,17-13-,19-14-,26-21+,30-8-/t42?,43-/m1/s1. The smallest absolute Gasteiger partial charge is 0.466 e. The predicted octanol–water partition coefficient (Wildman–Crippen LogP) is 11.1. The number of hydrogen-bond acceptors (Lipinski definition) is 10. The molecule has 11 nitrogen and oxygen atoms in total. The Kier molecular flexibility index (Phi) is 32.6. The van der Waals surface area contributed by atoms with Gasteiger partial charge in [-0.2, -0.15) is 0 Å². The molecule has 0 saturated carbocycles. The van der Waals surface area contributed by atoms with Crippen molar-refractivity contribution in [2.45, 2.75) is 175 Å². The Bertz CT molecular complexity index is 1450. The maximum atomic E-state index is 12.7. The summed E-state index contributed by atoms with van der Waals surface area (Å²) in [5.74, 6) is 1.37. The Hall–Kier alpha value is -3.05. The average molecular weight is 848 g/mol.